The molecule has 1 saturated heterocycles. The Balaban J connectivity index is 1.75. The highest BCUT2D eigenvalue weighted by Crippen LogP contribution is 2.02. The van der Waals surface area contributed by atoms with E-state index in [1.807, 2.05) is 0 Å². The largest absolute Gasteiger partial charge is 0.300 e. The molecule has 1 fully saturated rings. The highest BCUT2D eigenvalue weighted by Gasteiger charge is 2.14. The van der Waals surface area contributed by atoms with Gasteiger partial charge in [0.1, 0.15) is 0 Å². The summed E-state index contributed by atoms with van der Waals surface area (Å²) in [5.41, 5.74) is 0. The Morgan fingerprint density at radius 1 is 1.23 bits per heavy atom. The molecule has 0 bridgehead atoms. The average Bonchev–Trinajstić information content (AvgIpc) is 2.93. The van der Waals surface area contributed by atoms with Crippen molar-refractivity contribution >= 4 is 6.21 Å². The van der Waals surface area contributed by atoms with E-state index in [0.717, 1.165) is 13.0 Å². The first-order chi connectivity index (χ1) is 6.43. The Bertz CT molecular complexity index is 139. The minimum absolute atomic E-state index is 1.04. The molecule has 0 spiro atoms. The fourth-order valence-electron chi connectivity index (χ4n) is 1.35. The summed E-state index contributed by atoms with van der Waals surface area (Å²) in [4.78, 5) is 6.82. The topological polar surface area (TPSA) is 15.4 Å². The minimum Gasteiger partial charge on any atom is -0.300 e. The molecule has 0 saturated carbocycles. The van der Waals surface area contributed by atoms with Crippen LogP contribution in [0.3, 0.4) is 0 Å². The van der Waals surface area contributed by atoms with Crippen molar-refractivity contribution in [3.8, 4) is 0 Å². The average molecular weight is 182 g/mol. The summed E-state index contributed by atoms with van der Waals surface area (Å²) >= 11 is 0. The molecule has 0 aliphatic carbocycles. The quantitative estimate of drug-likeness (QED) is 0.319. The van der Waals surface area contributed by atoms with E-state index in [4.69, 9.17) is 0 Å². The second-order valence-electron chi connectivity index (χ2n) is 3.78. The van der Waals surface area contributed by atoms with E-state index in [-0.39, 0.29) is 0 Å². The summed E-state index contributed by atoms with van der Waals surface area (Å²) in [6.07, 6.45) is 8.55. The van der Waals surface area contributed by atoms with E-state index >= 15 is 0 Å². The molecule has 0 atom stereocenters. The van der Waals surface area contributed by atoms with Gasteiger partial charge < -0.3 is 4.90 Å². The second kappa shape index (κ2) is 7.07. The van der Waals surface area contributed by atoms with Gasteiger partial charge in [-0.05, 0) is 19.1 Å². The first-order valence-corrected chi connectivity index (χ1v) is 5.64. The third kappa shape index (κ3) is 6.76. The van der Waals surface area contributed by atoms with Gasteiger partial charge in [-0.3, -0.25) is 4.99 Å². The fraction of sp³-hybridized carbons (Fsp3) is 0.909. The van der Waals surface area contributed by atoms with Gasteiger partial charge in [-0.15, -0.1) is 0 Å². The van der Waals surface area contributed by atoms with Crippen molar-refractivity contribution in [3.63, 3.8) is 0 Å². The molecule has 13 heavy (non-hydrogen) atoms. The van der Waals surface area contributed by atoms with E-state index in [1.165, 1.54) is 45.3 Å². The van der Waals surface area contributed by atoms with Crippen LogP contribution in [0.4, 0.5) is 0 Å². The van der Waals surface area contributed by atoms with Gasteiger partial charge >= 0.3 is 0 Å². The summed E-state index contributed by atoms with van der Waals surface area (Å²) < 4.78 is 0. The Hall–Kier alpha value is -0.370. The molecule has 0 radical (unpaired) electrons. The summed E-state index contributed by atoms with van der Waals surface area (Å²) in [5.74, 6) is 0. The zero-order chi connectivity index (χ0) is 9.36. The predicted molar refractivity (Wildman–Crippen MR) is 58.6 cm³/mol. The third-order valence-electron chi connectivity index (χ3n) is 2.38. The second-order valence-corrected chi connectivity index (χ2v) is 3.78. The van der Waals surface area contributed by atoms with Crippen LogP contribution in [0.15, 0.2) is 4.99 Å². The van der Waals surface area contributed by atoms with Crippen LogP contribution in [0.1, 0.15) is 39.0 Å². The molecular formula is C11H22N2. The molecule has 0 aromatic carbocycles. The molecule has 0 unspecified atom stereocenters. The first-order valence-electron chi connectivity index (χ1n) is 5.64. The maximum absolute atomic E-state index is 4.39. The van der Waals surface area contributed by atoms with Gasteiger partial charge in [-0.25, -0.2) is 0 Å². The zero-order valence-electron chi connectivity index (χ0n) is 8.84. The minimum atomic E-state index is 1.04. The van der Waals surface area contributed by atoms with Crippen LogP contribution in [0.25, 0.3) is 0 Å². The molecule has 1 aliphatic heterocycles. The summed E-state index contributed by atoms with van der Waals surface area (Å²) in [6.45, 7) is 7.13. The Kier molecular flexibility index (Phi) is 5.83. The molecule has 76 valence electrons. The Morgan fingerprint density at radius 2 is 2.08 bits per heavy atom. The lowest BCUT2D eigenvalue weighted by molar-refractivity contribution is 0.577. The number of hydrogen-bond donors (Lipinski definition) is 0. The lowest BCUT2D eigenvalue weighted by atomic mass is 10.2. The molecule has 1 rings (SSSR count). The van der Waals surface area contributed by atoms with Crippen LogP contribution in [-0.2, 0) is 0 Å². The molecule has 0 amide bonds. The van der Waals surface area contributed by atoms with Crippen molar-refractivity contribution in [1.29, 1.82) is 0 Å². The maximum atomic E-state index is 4.39. The number of nitrogens with zero attached hydrogens (tertiary/aromatic N) is 2. The normalized spacial score (nSPS) is 17.0. The van der Waals surface area contributed by atoms with E-state index in [9.17, 15) is 0 Å². The van der Waals surface area contributed by atoms with E-state index in [1.54, 1.807) is 0 Å². The third-order valence-corrected chi connectivity index (χ3v) is 2.38. The molecular weight excluding hydrogens is 160 g/mol. The van der Waals surface area contributed by atoms with Crippen LogP contribution < -0.4 is 0 Å². The summed E-state index contributed by atoms with van der Waals surface area (Å²) in [5, 5.41) is 0. The number of hydrogen-bond acceptors (Lipinski definition) is 2. The van der Waals surface area contributed by atoms with Gasteiger partial charge in [-0.2, -0.15) is 0 Å². The van der Waals surface area contributed by atoms with Gasteiger partial charge in [0, 0.05) is 26.2 Å². The molecule has 2 heteroatoms. The van der Waals surface area contributed by atoms with Crippen molar-refractivity contribution in [1.82, 2.24) is 4.90 Å². The van der Waals surface area contributed by atoms with E-state index < -0.39 is 0 Å². The highest BCUT2D eigenvalue weighted by atomic mass is 15.2. The molecule has 1 aliphatic rings. The monoisotopic (exact) mass is 182 g/mol. The van der Waals surface area contributed by atoms with Gasteiger partial charge in [0.15, 0.2) is 0 Å². The lowest BCUT2D eigenvalue weighted by Gasteiger charge is -1.95. The zero-order valence-corrected chi connectivity index (χ0v) is 8.84. The first kappa shape index (κ1) is 10.7. The Labute approximate surface area is 82.0 Å². The number of aliphatic imine (C=N–C) groups is 1. The fourth-order valence-corrected chi connectivity index (χ4v) is 1.35. The van der Waals surface area contributed by atoms with Crippen LogP contribution in [0.2, 0.25) is 0 Å². The van der Waals surface area contributed by atoms with Crippen molar-refractivity contribution in [2.24, 2.45) is 4.99 Å². The predicted octanol–water partition coefficient (Wildman–Crippen LogP) is 2.34. The molecule has 2 nitrogen and oxygen atoms in total. The lowest BCUT2D eigenvalue weighted by Crippen LogP contribution is -1.99. The smallest absolute Gasteiger partial charge is 0.0385 e. The molecule has 0 aromatic heterocycles. The SMILES string of the molecule is CCCCCCN=CCCN1CC1. The van der Waals surface area contributed by atoms with E-state index in [0.29, 0.717) is 0 Å². The number of unbranched alkanes of at least 4 members (excludes halogenated alkanes) is 3. The van der Waals surface area contributed by atoms with Crippen molar-refractivity contribution in [2.45, 2.75) is 39.0 Å². The maximum Gasteiger partial charge on any atom is 0.0385 e. The van der Waals surface area contributed by atoms with Crippen LogP contribution >= 0.6 is 0 Å². The van der Waals surface area contributed by atoms with Gasteiger partial charge in [0.05, 0.1) is 0 Å². The molecule has 0 aromatic rings. The molecule has 0 N–H and O–H groups in total. The van der Waals surface area contributed by atoms with E-state index in [2.05, 4.69) is 23.0 Å². The van der Waals surface area contributed by atoms with Gasteiger partial charge in [0.25, 0.3) is 0 Å². The number of rotatable bonds is 8. The Morgan fingerprint density at radius 3 is 2.77 bits per heavy atom. The van der Waals surface area contributed by atoms with Crippen molar-refractivity contribution in [2.75, 3.05) is 26.2 Å². The van der Waals surface area contributed by atoms with Gasteiger partial charge in [-0.1, -0.05) is 26.2 Å². The summed E-state index contributed by atoms with van der Waals surface area (Å²) in [7, 11) is 0. The van der Waals surface area contributed by atoms with Crippen LogP contribution in [0, 0.1) is 0 Å². The highest BCUT2D eigenvalue weighted by molar-refractivity contribution is 5.57. The van der Waals surface area contributed by atoms with Gasteiger partial charge in [0.2, 0.25) is 0 Å². The van der Waals surface area contributed by atoms with Crippen LogP contribution in [0.5, 0.6) is 0 Å². The van der Waals surface area contributed by atoms with Crippen molar-refractivity contribution < 1.29 is 0 Å². The summed E-state index contributed by atoms with van der Waals surface area (Å²) in [6, 6.07) is 0. The van der Waals surface area contributed by atoms with Crippen LogP contribution in [-0.4, -0.2) is 37.3 Å². The molecule has 1 heterocycles. The van der Waals surface area contributed by atoms with Crippen molar-refractivity contribution in [3.05, 3.63) is 0 Å². The standard InChI is InChI=1S/C11H22N2/c1-2-3-4-5-7-12-8-6-9-13-10-11-13/h8H,2-7,9-11H2,1H3.